The topological polar surface area (TPSA) is 37.3 Å². The van der Waals surface area contributed by atoms with E-state index in [0.717, 1.165) is 9.79 Å². The van der Waals surface area contributed by atoms with Crippen molar-refractivity contribution in [3.8, 4) is 0 Å². The molecule has 0 radical (unpaired) electrons. The van der Waals surface area contributed by atoms with Gasteiger partial charge in [-0.2, -0.15) is 0 Å². The Bertz CT molecular complexity index is 480. The third-order valence-electron chi connectivity index (χ3n) is 2.00. The van der Waals surface area contributed by atoms with Gasteiger partial charge in [-0.15, -0.1) is 0 Å². The molecule has 2 rings (SSSR count). The number of hydrogen-bond donors (Lipinski definition) is 1. The lowest BCUT2D eigenvalue weighted by molar-refractivity contribution is 0.564. The second-order valence-corrected chi connectivity index (χ2v) is 5.25. The smallest absolute Gasteiger partial charge is 0.186 e. The average Bonchev–Trinajstić information content (AvgIpc) is 2.31. The molecule has 82 valence electrons. The van der Waals surface area contributed by atoms with Crippen molar-refractivity contribution in [1.29, 1.82) is 0 Å². The van der Waals surface area contributed by atoms with Gasteiger partial charge in [-0.05, 0) is 36.4 Å². The molecule has 4 heteroatoms. The Hall–Kier alpha value is -1.10. The largest absolute Gasteiger partial charge is 0.302 e. The van der Waals surface area contributed by atoms with Crippen LogP contribution in [-0.2, 0) is 11.1 Å². The molecule has 0 aliphatic rings. The van der Waals surface area contributed by atoms with E-state index < -0.39 is 11.1 Å². The molecule has 1 N–H and O–H groups in total. The normalized spacial score (nSPS) is 12.3. The van der Waals surface area contributed by atoms with Gasteiger partial charge in [0.1, 0.15) is 0 Å². The van der Waals surface area contributed by atoms with Crippen molar-refractivity contribution in [2.24, 2.45) is 0 Å². The molecule has 0 spiro atoms. The second kappa shape index (κ2) is 5.30. The van der Waals surface area contributed by atoms with Gasteiger partial charge in [0.25, 0.3) is 0 Å². The third kappa shape index (κ3) is 2.95. The van der Waals surface area contributed by atoms with Gasteiger partial charge in [-0.3, -0.25) is 0 Å². The summed E-state index contributed by atoms with van der Waals surface area (Å²) in [5.74, 6) is 0. The lowest BCUT2D eigenvalue weighted by atomic mass is 10.4. The van der Waals surface area contributed by atoms with Crippen LogP contribution in [0.5, 0.6) is 0 Å². The summed E-state index contributed by atoms with van der Waals surface area (Å²) >= 11 is -0.266. The van der Waals surface area contributed by atoms with E-state index in [1.54, 1.807) is 23.9 Å². The predicted octanol–water partition coefficient (Wildman–Crippen LogP) is 3.42. The monoisotopic (exact) mass is 250 g/mol. The van der Waals surface area contributed by atoms with Crippen LogP contribution in [0.1, 0.15) is 0 Å². The molecular weight excluding hydrogens is 240 g/mol. The van der Waals surface area contributed by atoms with Gasteiger partial charge in [-0.25, -0.2) is 4.21 Å². The summed E-state index contributed by atoms with van der Waals surface area (Å²) in [5, 5.41) is 0. The van der Waals surface area contributed by atoms with E-state index >= 15 is 0 Å². The fourth-order valence-electron chi connectivity index (χ4n) is 1.25. The minimum Gasteiger partial charge on any atom is -0.302 e. The summed E-state index contributed by atoms with van der Waals surface area (Å²) in [7, 11) is 0. The first-order valence-corrected chi connectivity index (χ1v) is 6.62. The number of rotatable bonds is 3. The highest BCUT2D eigenvalue weighted by atomic mass is 32.2. The van der Waals surface area contributed by atoms with Gasteiger partial charge in [-0.1, -0.05) is 30.0 Å². The Morgan fingerprint density at radius 3 is 2.00 bits per heavy atom. The maximum absolute atomic E-state index is 10.8. The molecule has 0 aromatic heterocycles. The predicted molar refractivity (Wildman–Crippen MR) is 66.0 cm³/mol. The summed E-state index contributed by atoms with van der Waals surface area (Å²) in [4.78, 5) is 2.64. The van der Waals surface area contributed by atoms with Gasteiger partial charge in [0.2, 0.25) is 0 Å². The van der Waals surface area contributed by atoms with Crippen LogP contribution < -0.4 is 0 Å². The molecule has 0 saturated heterocycles. The SMILES string of the molecule is O=S(O)c1ccc(Sc2ccccc2)cc1. The van der Waals surface area contributed by atoms with E-state index in [1.165, 1.54) is 0 Å². The van der Waals surface area contributed by atoms with Crippen LogP contribution in [-0.4, -0.2) is 8.76 Å². The molecule has 1 unspecified atom stereocenters. The van der Waals surface area contributed by atoms with Crippen molar-refractivity contribution in [3.63, 3.8) is 0 Å². The zero-order chi connectivity index (χ0) is 11.4. The molecule has 0 aliphatic carbocycles. The van der Waals surface area contributed by atoms with Crippen molar-refractivity contribution in [2.75, 3.05) is 0 Å². The molecule has 2 aromatic rings. The van der Waals surface area contributed by atoms with E-state index in [4.69, 9.17) is 4.55 Å². The van der Waals surface area contributed by atoms with Crippen molar-refractivity contribution in [1.82, 2.24) is 0 Å². The number of hydrogen-bond acceptors (Lipinski definition) is 2. The first-order chi connectivity index (χ1) is 7.75. The van der Waals surface area contributed by atoms with Gasteiger partial charge in [0.05, 0.1) is 4.90 Å². The Morgan fingerprint density at radius 1 is 0.875 bits per heavy atom. The summed E-state index contributed by atoms with van der Waals surface area (Å²) < 4.78 is 19.6. The molecule has 2 aromatic carbocycles. The molecular formula is C12H10O2S2. The zero-order valence-corrected chi connectivity index (χ0v) is 10.0. The highest BCUT2D eigenvalue weighted by molar-refractivity contribution is 7.99. The fraction of sp³-hybridized carbons (Fsp3) is 0. The van der Waals surface area contributed by atoms with E-state index in [2.05, 4.69) is 0 Å². The van der Waals surface area contributed by atoms with Crippen LogP contribution in [0.4, 0.5) is 0 Å². The molecule has 0 saturated carbocycles. The Kier molecular flexibility index (Phi) is 3.77. The van der Waals surface area contributed by atoms with Gasteiger partial charge in [0.15, 0.2) is 11.1 Å². The summed E-state index contributed by atoms with van der Waals surface area (Å²) in [6.07, 6.45) is 0. The first-order valence-electron chi connectivity index (χ1n) is 4.69. The van der Waals surface area contributed by atoms with Crippen LogP contribution >= 0.6 is 11.8 Å². The van der Waals surface area contributed by atoms with Crippen molar-refractivity contribution < 1.29 is 8.76 Å². The van der Waals surface area contributed by atoms with Crippen LogP contribution in [0, 0.1) is 0 Å². The van der Waals surface area contributed by atoms with E-state index in [0.29, 0.717) is 4.90 Å². The molecule has 0 heterocycles. The molecule has 0 fully saturated rings. The second-order valence-electron chi connectivity index (χ2n) is 3.14. The quantitative estimate of drug-likeness (QED) is 0.848. The van der Waals surface area contributed by atoms with Gasteiger partial charge in [0, 0.05) is 9.79 Å². The maximum Gasteiger partial charge on any atom is 0.186 e. The summed E-state index contributed by atoms with van der Waals surface area (Å²) in [6.45, 7) is 0. The van der Waals surface area contributed by atoms with E-state index in [1.807, 2.05) is 42.5 Å². The van der Waals surface area contributed by atoms with E-state index in [-0.39, 0.29) is 0 Å². The standard InChI is InChI=1S/C12H10O2S2/c13-16(14)12-8-6-11(7-9-12)15-10-4-2-1-3-5-10/h1-9H,(H,13,14). The van der Waals surface area contributed by atoms with E-state index in [9.17, 15) is 4.21 Å². The van der Waals surface area contributed by atoms with Crippen LogP contribution in [0.2, 0.25) is 0 Å². The van der Waals surface area contributed by atoms with Gasteiger partial charge >= 0.3 is 0 Å². The lowest BCUT2D eigenvalue weighted by Crippen LogP contribution is -1.86. The molecule has 0 amide bonds. The third-order valence-corrected chi connectivity index (χ3v) is 3.70. The van der Waals surface area contributed by atoms with Crippen molar-refractivity contribution in [3.05, 3.63) is 54.6 Å². The highest BCUT2D eigenvalue weighted by Crippen LogP contribution is 2.27. The maximum atomic E-state index is 10.8. The Morgan fingerprint density at radius 2 is 1.44 bits per heavy atom. The lowest BCUT2D eigenvalue weighted by Gasteiger charge is -2.01. The van der Waals surface area contributed by atoms with Crippen LogP contribution in [0.3, 0.4) is 0 Å². The summed E-state index contributed by atoms with van der Waals surface area (Å²) in [5.41, 5.74) is 0. The van der Waals surface area contributed by atoms with Crippen molar-refractivity contribution >= 4 is 22.8 Å². The molecule has 1 atom stereocenters. The minimum atomic E-state index is -1.89. The fourth-order valence-corrected chi connectivity index (χ4v) is 2.46. The average molecular weight is 250 g/mol. The Balaban J connectivity index is 2.14. The molecule has 0 aliphatic heterocycles. The zero-order valence-electron chi connectivity index (χ0n) is 8.37. The Labute approximate surface area is 101 Å². The van der Waals surface area contributed by atoms with Gasteiger partial charge < -0.3 is 4.55 Å². The molecule has 2 nitrogen and oxygen atoms in total. The summed E-state index contributed by atoms with van der Waals surface area (Å²) in [6, 6.07) is 17.0. The van der Waals surface area contributed by atoms with Crippen LogP contribution in [0.15, 0.2) is 69.3 Å². The number of benzene rings is 2. The molecule has 0 bridgehead atoms. The first kappa shape index (κ1) is 11.4. The molecule has 16 heavy (non-hydrogen) atoms. The van der Waals surface area contributed by atoms with Crippen LogP contribution in [0.25, 0.3) is 0 Å². The highest BCUT2D eigenvalue weighted by Gasteiger charge is 2.00. The minimum absolute atomic E-state index is 0.428. The van der Waals surface area contributed by atoms with Crippen molar-refractivity contribution in [2.45, 2.75) is 14.7 Å².